The molecule has 268 valence electrons. The van der Waals surface area contributed by atoms with Gasteiger partial charge in [-0.1, -0.05) is 0 Å². The Labute approximate surface area is 236 Å². The molecular weight excluding hydrogens is 749 g/mol. The van der Waals surface area contributed by atoms with Crippen molar-refractivity contribution in [3.8, 4) is 5.75 Å². The number of benzene rings is 1. The van der Waals surface area contributed by atoms with E-state index in [1.54, 1.807) is 0 Å². The van der Waals surface area contributed by atoms with E-state index in [2.05, 4.69) is 4.74 Å². The van der Waals surface area contributed by atoms with Crippen molar-refractivity contribution in [2.24, 2.45) is 5.41 Å². The van der Waals surface area contributed by atoms with Crippen molar-refractivity contribution in [1.82, 2.24) is 0 Å². The highest BCUT2D eigenvalue weighted by atomic mass is 32.2. The van der Waals surface area contributed by atoms with Crippen molar-refractivity contribution in [2.75, 3.05) is 0 Å². The van der Waals surface area contributed by atoms with Gasteiger partial charge in [0.25, 0.3) is 16.1 Å². The van der Waals surface area contributed by atoms with Gasteiger partial charge in [0.1, 0.15) is 5.75 Å². The SMILES string of the molecule is O=S(=O)(O)c1ccc(OC(F)=C(C(F)(C(F)(F)F)C(F)(F)C(F)(F)F)C(C(F)(F)F)(C(F)(F)C(F)(F)F)C(F)(F)C(F)(F)F)cc1. The smallest absolute Gasteiger partial charge is 0.432 e. The van der Waals surface area contributed by atoms with E-state index in [4.69, 9.17) is 4.55 Å². The third-order valence-corrected chi connectivity index (χ3v) is 6.37. The summed E-state index contributed by atoms with van der Waals surface area (Å²) in [6, 6.07) is -6.97. The molecule has 0 radical (unpaired) electrons. The number of alkyl halides is 22. The van der Waals surface area contributed by atoms with Crippen LogP contribution in [-0.2, 0) is 10.1 Å². The maximum atomic E-state index is 15.3. The maximum Gasteiger partial charge on any atom is 0.457 e. The molecule has 0 saturated carbocycles. The second-order valence-electron chi connectivity index (χ2n) is 8.32. The lowest BCUT2D eigenvalue weighted by Crippen LogP contribution is -2.77. The van der Waals surface area contributed by atoms with E-state index in [1.807, 2.05) is 0 Å². The van der Waals surface area contributed by atoms with Gasteiger partial charge < -0.3 is 4.74 Å². The number of hydrogen-bond acceptors (Lipinski definition) is 3. The number of halogens is 23. The van der Waals surface area contributed by atoms with E-state index < -0.39 is 104 Å². The number of rotatable bonds is 8. The van der Waals surface area contributed by atoms with Crippen LogP contribution in [0, 0.1) is 5.41 Å². The Bertz CT molecular complexity index is 1380. The number of ether oxygens (including phenoxy) is 1. The van der Waals surface area contributed by atoms with Gasteiger partial charge in [0.2, 0.25) is 5.41 Å². The van der Waals surface area contributed by atoms with Crippen molar-refractivity contribution < 1.29 is 119 Å². The molecule has 1 atom stereocenters. The van der Waals surface area contributed by atoms with Gasteiger partial charge in [0, 0.05) is 0 Å². The first kappa shape index (κ1) is 41.1. The number of allylic oxidation sites excluding steroid dienone is 1. The van der Waals surface area contributed by atoms with Gasteiger partial charge in [-0.2, -0.15) is 105 Å². The normalized spacial score (nSPS) is 17.4. The van der Waals surface area contributed by atoms with Crippen LogP contribution in [0.1, 0.15) is 0 Å². The number of hydrogen-bond donors (Lipinski definition) is 1. The van der Waals surface area contributed by atoms with E-state index in [-0.39, 0.29) is 12.1 Å². The third-order valence-electron chi connectivity index (χ3n) is 5.50. The van der Waals surface area contributed by atoms with Gasteiger partial charge in [0.15, 0.2) is 0 Å². The molecule has 0 heterocycles. The first-order valence-electron chi connectivity index (χ1n) is 10.0. The first-order chi connectivity index (χ1) is 19.7. The molecule has 0 aliphatic rings. The highest BCUT2D eigenvalue weighted by Gasteiger charge is 2.99. The lowest BCUT2D eigenvalue weighted by molar-refractivity contribution is -0.462. The van der Waals surface area contributed by atoms with Crippen LogP contribution in [0.15, 0.2) is 40.7 Å². The second-order valence-corrected chi connectivity index (χ2v) is 9.74. The molecule has 0 fully saturated rings. The summed E-state index contributed by atoms with van der Waals surface area (Å²) in [5, 5.41) is 0. The topological polar surface area (TPSA) is 63.6 Å². The van der Waals surface area contributed by atoms with Gasteiger partial charge >= 0.3 is 54.3 Å². The quantitative estimate of drug-likeness (QED) is 0.164. The van der Waals surface area contributed by atoms with Crippen LogP contribution < -0.4 is 4.74 Å². The summed E-state index contributed by atoms with van der Waals surface area (Å²) in [4.78, 5) is -1.51. The van der Waals surface area contributed by atoms with Crippen LogP contribution in [0.5, 0.6) is 5.75 Å². The minimum absolute atomic E-state index is 0.278. The molecule has 0 aliphatic heterocycles. The molecule has 0 spiro atoms. The largest absolute Gasteiger partial charge is 0.457 e. The van der Waals surface area contributed by atoms with Gasteiger partial charge in [-0.15, -0.1) is 0 Å². The Balaban J connectivity index is 5.01. The second kappa shape index (κ2) is 11.1. The molecule has 1 N–H and O–H groups in total. The molecule has 4 nitrogen and oxygen atoms in total. The minimum atomic E-state index is -9.83. The fourth-order valence-corrected chi connectivity index (χ4v) is 3.96. The van der Waals surface area contributed by atoms with E-state index in [0.717, 1.165) is 0 Å². The van der Waals surface area contributed by atoms with Crippen LogP contribution in [-0.4, -0.2) is 67.3 Å². The van der Waals surface area contributed by atoms with Gasteiger partial charge in [-0.25, -0.2) is 4.39 Å². The van der Waals surface area contributed by atoms with Crippen LogP contribution in [0.25, 0.3) is 0 Å². The Kier molecular flexibility index (Phi) is 9.88. The van der Waals surface area contributed by atoms with E-state index in [9.17, 15) is 101 Å². The standard InChI is InChI=1S/C18H5F23O4S/c19-8(45-5-1-3-6(4-2-5)46(42,43)44)7(10(20,15(30,31)32)13(25,26)18(39,40)41)9(14(27,28)29,11(21,22)16(33,34)35)12(23,24)17(36,37)38/h1-4H,(H,42,43,44). The van der Waals surface area contributed by atoms with E-state index in [1.165, 1.54) is 0 Å². The molecule has 0 amide bonds. The zero-order valence-electron chi connectivity index (χ0n) is 20.1. The maximum absolute atomic E-state index is 15.3. The molecule has 0 aromatic heterocycles. The zero-order valence-corrected chi connectivity index (χ0v) is 20.9. The van der Waals surface area contributed by atoms with E-state index in [0.29, 0.717) is 0 Å². The molecule has 0 aliphatic carbocycles. The summed E-state index contributed by atoms with van der Waals surface area (Å²) in [6.07, 6.45) is -44.7. The van der Waals surface area contributed by atoms with Crippen LogP contribution in [0.4, 0.5) is 101 Å². The molecule has 0 saturated heterocycles. The monoisotopic (exact) mass is 754 g/mol. The molecule has 1 rings (SSSR count). The molecule has 28 heteroatoms. The third kappa shape index (κ3) is 5.97. The van der Waals surface area contributed by atoms with Gasteiger partial charge in [0.05, 0.1) is 10.5 Å². The molecule has 1 aromatic rings. The van der Waals surface area contributed by atoms with Crippen molar-refractivity contribution in [2.45, 2.75) is 59.2 Å². The molecule has 46 heavy (non-hydrogen) atoms. The molecule has 1 unspecified atom stereocenters. The summed E-state index contributed by atoms with van der Waals surface area (Å²) in [5.74, 6) is -30.6. The fraction of sp³-hybridized carbons (Fsp3) is 0.556. The van der Waals surface area contributed by atoms with E-state index >= 15 is 8.78 Å². The summed E-state index contributed by atoms with van der Waals surface area (Å²) in [7, 11) is -5.45. The highest BCUT2D eigenvalue weighted by Crippen LogP contribution is 2.74. The first-order valence-corrected chi connectivity index (χ1v) is 11.5. The van der Waals surface area contributed by atoms with Crippen molar-refractivity contribution in [3.05, 3.63) is 35.9 Å². The molecule has 0 bridgehead atoms. The Hall–Kier alpha value is -2.94. The molecule has 1 aromatic carbocycles. The van der Waals surface area contributed by atoms with Crippen molar-refractivity contribution >= 4 is 10.1 Å². The zero-order chi connectivity index (χ0) is 37.3. The average molecular weight is 754 g/mol. The van der Waals surface area contributed by atoms with Crippen LogP contribution in [0.2, 0.25) is 0 Å². The molecular formula is C18H5F23O4S. The predicted octanol–water partition coefficient (Wildman–Crippen LogP) is 8.91. The minimum Gasteiger partial charge on any atom is -0.432 e. The lowest BCUT2D eigenvalue weighted by Gasteiger charge is -2.51. The highest BCUT2D eigenvalue weighted by molar-refractivity contribution is 7.85. The predicted molar refractivity (Wildman–Crippen MR) is 96.4 cm³/mol. The lowest BCUT2D eigenvalue weighted by atomic mass is 9.61. The Morgan fingerprint density at radius 3 is 1.09 bits per heavy atom. The van der Waals surface area contributed by atoms with Crippen LogP contribution in [0.3, 0.4) is 0 Å². The average Bonchev–Trinajstić information content (AvgIpc) is 2.77. The summed E-state index contributed by atoms with van der Waals surface area (Å²) >= 11 is 0. The Morgan fingerprint density at radius 1 is 0.522 bits per heavy atom. The summed E-state index contributed by atoms with van der Waals surface area (Å²) in [6.45, 7) is 0. The van der Waals surface area contributed by atoms with Gasteiger partial charge in [-0.05, 0) is 24.3 Å². The van der Waals surface area contributed by atoms with Gasteiger partial charge in [-0.3, -0.25) is 4.55 Å². The summed E-state index contributed by atoms with van der Waals surface area (Å²) < 4.78 is 351. The Morgan fingerprint density at radius 2 is 0.848 bits per heavy atom. The fourth-order valence-electron chi connectivity index (χ4n) is 3.48. The summed E-state index contributed by atoms with van der Waals surface area (Å²) in [5.41, 5.74) is -25.9. The van der Waals surface area contributed by atoms with Crippen LogP contribution >= 0.6 is 0 Å². The van der Waals surface area contributed by atoms with Crippen molar-refractivity contribution in [3.63, 3.8) is 0 Å². The van der Waals surface area contributed by atoms with Crippen molar-refractivity contribution in [1.29, 1.82) is 0 Å².